The molecular formula is C14H23N3O2. The first-order valence-electron chi connectivity index (χ1n) is 6.63. The Kier molecular flexibility index (Phi) is 6.89. The fourth-order valence-corrected chi connectivity index (χ4v) is 1.63. The number of nitrogens with one attached hydrogen (secondary N) is 1. The molecule has 0 bridgehead atoms. The number of pyridine rings is 1. The topological polar surface area (TPSA) is 54.5 Å². The molecule has 0 aliphatic carbocycles. The Bertz CT molecular complexity index is 379. The van der Waals surface area contributed by atoms with Gasteiger partial charge in [0.2, 0.25) is 0 Å². The van der Waals surface area contributed by atoms with Crippen LogP contribution in [0.15, 0.2) is 18.3 Å². The zero-order valence-electron chi connectivity index (χ0n) is 12.0. The minimum Gasteiger partial charge on any atom is -0.383 e. The number of methoxy groups -OCH3 is 1. The lowest BCUT2D eigenvalue weighted by atomic mass is 10.2. The first-order valence-corrected chi connectivity index (χ1v) is 6.63. The molecule has 1 amide bonds. The summed E-state index contributed by atoms with van der Waals surface area (Å²) < 4.78 is 4.87. The lowest BCUT2D eigenvalue weighted by molar-refractivity contribution is 0.0932. The van der Waals surface area contributed by atoms with Crippen molar-refractivity contribution in [2.75, 3.05) is 38.8 Å². The third kappa shape index (κ3) is 5.26. The minimum atomic E-state index is -0.167. The van der Waals surface area contributed by atoms with Gasteiger partial charge in [0.1, 0.15) is 5.69 Å². The molecule has 0 saturated carbocycles. The maximum Gasteiger partial charge on any atom is 0.269 e. The number of hydrogen-bond donors (Lipinski definition) is 1. The molecule has 106 valence electrons. The van der Waals surface area contributed by atoms with E-state index in [-0.39, 0.29) is 5.91 Å². The molecule has 0 spiro atoms. The summed E-state index contributed by atoms with van der Waals surface area (Å²) in [7, 11) is 3.64. The van der Waals surface area contributed by atoms with Crippen molar-refractivity contribution in [1.29, 1.82) is 0 Å². The smallest absolute Gasteiger partial charge is 0.269 e. The van der Waals surface area contributed by atoms with Crippen molar-refractivity contribution in [3.05, 3.63) is 24.0 Å². The Labute approximate surface area is 115 Å². The minimum absolute atomic E-state index is 0.167. The van der Waals surface area contributed by atoms with Gasteiger partial charge in [-0.2, -0.15) is 0 Å². The van der Waals surface area contributed by atoms with Crippen molar-refractivity contribution in [1.82, 2.24) is 10.3 Å². The van der Waals surface area contributed by atoms with Gasteiger partial charge in [-0.05, 0) is 18.6 Å². The van der Waals surface area contributed by atoms with Crippen LogP contribution in [0, 0.1) is 0 Å². The number of aromatic nitrogens is 1. The molecule has 0 aliphatic heterocycles. The molecule has 0 aliphatic rings. The van der Waals surface area contributed by atoms with E-state index in [1.807, 2.05) is 13.1 Å². The predicted octanol–water partition coefficient (Wildman–Crippen LogP) is 1.69. The molecule has 0 atom stereocenters. The highest BCUT2D eigenvalue weighted by Gasteiger charge is 2.07. The van der Waals surface area contributed by atoms with Gasteiger partial charge in [-0.3, -0.25) is 4.79 Å². The maximum atomic E-state index is 11.7. The summed E-state index contributed by atoms with van der Waals surface area (Å²) in [5.41, 5.74) is 1.46. The van der Waals surface area contributed by atoms with E-state index in [0.29, 0.717) is 18.8 Å². The molecule has 1 aromatic rings. The maximum absolute atomic E-state index is 11.7. The molecule has 1 N–H and O–H groups in total. The van der Waals surface area contributed by atoms with E-state index in [4.69, 9.17) is 4.74 Å². The van der Waals surface area contributed by atoms with Crippen molar-refractivity contribution in [2.45, 2.75) is 19.8 Å². The Morgan fingerprint density at radius 2 is 2.26 bits per heavy atom. The van der Waals surface area contributed by atoms with Gasteiger partial charge in [0.15, 0.2) is 0 Å². The first kappa shape index (κ1) is 15.4. The predicted molar refractivity (Wildman–Crippen MR) is 76.6 cm³/mol. The molecule has 0 aromatic carbocycles. The zero-order valence-corrected chi connectivity index (χ0v) is 12.0. The monoisotopic (exact) mass is 265 g/mol. The molecule has 0 unspecified atom stereocenters. The normalized spacial score (nSPS) is 10.3. The molecule has 1 heterocycles. The summed E-state index contributed by atoms with van der Waals surface area (Å²) in [6.07, 6.45) is 4.05. The zero-order chi connectivity index (χ0) is 14.1. The van der Waals surface area contributed by atoms with Crippen LogP contribution in [0.3, 0.4) is 0 Å². The van der Waals surface area contributed by atoms with E-state index in [1.165, 1.54) is 0 Å². The second-order valence-corrected chi connectivity index (χ2v) is 4.43. The number of anilines is 1. The van der Waals surface area contributed by atoms with Gasteiger partial charge in [-0.15, -0.1) is 0 Å². The summed E-state index contributed by atoms with van der Waals surface area (Å²) in [6.45, 7) is 4.16. The summed E-state index contributed by atoms with van der Waals surface area (Å²) in [5, 5.41) is 2.74. The number of hydrogen-bond acceptors (Lipinski definition) is 4. The van der Waals surface area contributed by atoms with Crippen LogP contribution < -0.4 is 10.2 Å². The summed E-state index contributed by atoms with van der Waals surface area (Å²) in [6, 6.07) is 3.67. The second-order valence-electron chi connectivity index (χ2n) is 4.43. The van der Waals surface area contributed by atoms with Gasteiger partial charge in [0.25, 0.3) is 5.91 Å². The van der Waals surface area contributed by atoms with E-state index in [0.717, 1.165) is 25.1 Å². The van der Waals surface area contributed by atoms with E-state index >= 15 is 0 Å². The van der Waals surface area contributed by atoms with Crippen LogP contribution in [-0.2, 0) is 4.74 Å². The fraction of sp³-hybridized carbons (Fsp3) is 0.571. The molecule has 19 heavy (non-hydrogen) atoms. The number of carbonyl (C=O) groups is 1. The largest absolute Gasteiger partial charge is 0.383 e. The van der Waals surface area contributed by atoms with Crippen molar-refractivity contribution < 1.29 is 9.53 Å². The van der Waals surface area contributed by atoms with Crippen molar-refractivity contribution >= 4 is 11.6 Å². The van der Waals surface area contributed by atoms with E-state index in [2.05, 4.69) is 22.1 Å². The summed E-state index contributed by atoms with van der Waals surface area (Å²) in [4.78, 5) is 18.1. The third-order valence-corrected chi connectivity index (χ3v) is 2.86. The lowest BCUT2D eigenvalue weighted by Gasteiger charge is -2.18. The van der Waals surface area contributed by atoms with Crippen molar-refractivity contribution in [2.24, 2.45) is 0 Å². The Morgan fingerprint density at radius 3 is 2.84 bits per heavy atom. The molecule has 5 heteroatoms. The standard InChI is InChI=1S/C14H23N3O2/c1-4-5-9-17(2)12-6-7-13(16-11-12)14(18)15-8-10-19-3/h6-7,11H,4-5,8-10H2,1-3H3,(H,15,18). The number of rotatable bonds is 8. The second kappa shape index (κ2) is 8.48. The molecule has 0 saturated heterocycles. The van der Waals surface area contributed by atoms with E-state index < -0.39 is 0 Å². The number of nitrogens with zero attached hydrogens (tertiary/aromatic N) is 2. The van der Waals surface area contributed by atoms with E-state index in [9.17, 15) is 4.79 Å². The van der Waals surface area contributed by atoms with Gasteiger partial charge >= 0.3 is 0 Å². The van der Waals surface area contributed by atoms with Crippen LogP contribution >= 0.6 is 0 Å². The molecule has 5 nitrogen and oxygen atoms in total. The molecular weight excluding hydrogens is 242 g/mol. The van der Waals surface area contributed by atoms with Crippen LogP contribution in [-0.4, -0.2) is 44.7 Å². The third-order valence-electron chi connectivity index (χ3n) is 2.86. The van der Waals surface area contributed by atoms with Crippen molar-refractivity contribution in [3.8, 4) is 0 Å². The summed E-state index contributed by atoms with van der Waals surface area (Å²) >= 11 is 0. The van der Waals surface area contributed by atoms with Gasteiger partial charge in [0, 0.05) is 27.2 Å². The average Bonchev–Trinajstić information content (AvgIpc) is 2.45. The van der Waals surface area contributed by atoms with Gasteiger partial charge in [-0.25, -0.2) is 4.98 Å². The molecule has 0 fully saturated rings. The van der Waals surface area contributed by atoms with E-state index in [1.54, 1.807) is 19.4 Å². The Hall–Kier alpha value is -1.62. The highest BCUT2D eigenvalue weighted by Crippen LogP contribution is 2.11. The molecule has 1 rings (SSSR count). The fourth-order valence-electron chi connectivity index (χ4n) is 1.63. The van der Waals surface area contributed by atoms with Crippen LogP contribution in [0.1, 0.15) is 30.3 Å². The van der Waals surface area contributed by atoms with Crippen LogP contribution in [0.5, 0.6) is 0 Å². The quantitative estimate of drug-likeness (QED) is 0.727. The summed E-state index contributed by atoms with van der Waals surface area (Å²) in [5.74, 6) is -0.167. The highest BCUT2D eigenvalue weighted by molar-refractivity contribution is 5.92. The molecule has 1 aromatic heterocycles. The van der Waals surface area contributed by atoms with Gasteiger partial charge in [0.05, 0.1) is 18.5 Å². The average molecular weight is 265 g/mol. The van der Waals surface area contributed by atoms with Crippen LogP contribution in [0.4, 0.5) is 5.69 Å². The number of carbonyl (C=O) groups excluding carboxylic acids is 1. The number of ether oxygens (including phenoxy) is 1. The Morgan fingerprint density at radius 1 is 1.47 bits per heavy atom. The Balaban J connectivity index is 2.53. The molecule has 0 radical (unpaired) electrons. The lowest BCUT2D eigenvalue weighted by Crippen LogP contribution is -2.27. The van der Waals surface area contributed by atoms with Crippen LogP contribution in [0.2, 0.25) is 0 Å². The van der Waals surface area contributed by atoms with Gasteiger partial charge < -0.3 is 15.0 Å². The number of unbranched alkanes of at least 4 members (excludes halogenated alkanes) is 1. The first-order chi connectivity index (χ1) is 9.19. The number of amides is 1. The van der Waals surface area contributed by atoms with Crippen LogP contribution in [0.25, 0.3) is 0 Å². The van der Waals surface area contributed by atoms with Gasteiger partial charge in [-0.1, -0.05) is 13.3 Å². The highest BCUT2D eigenvalue weighted by atomic mass is 16.5. The van der Waals surface area contributed by atoms with Crippen molar-refractivity contribution in [3.63, 3.8) is 0 Å². The SMILES string of the molecule is CCCCN(C)c1ccc(C(=O)NCCOC)nc1.